The maximum absolute atomic E-state index is 12.1. The summed E-state index contributed by atoms with van der Waals surface area (Å²) in [4.78, 5) is 24.2. The number of cyclic esters (lactones) is 1. The Morgan fingerprint density at radius 2 is 1.88 bits per heavy atom. The van der Waals surface area contributed by atoms with Crippen LogP contribution in [-0.2, 0) is 20.7 Å². The van der Waals surface area contributed by atoms with E-state index in [9.17, 15) is 9.59 Å². The molecular weight excluding hydrogens is 302 g/mol. The molecule has 1 aliphatic rings. The third-order valence-corrected chi connectivity index (χ3v) is 4.62. The van der Waals surface area contributed by atoms with Gasteiger partial charge >= 0.3 is 5.97 Å². The number of nitrogens with one attached hydrogen (secondary N) is 1. The minimum Gasteiger partial charge on any atom is -0.460 e. The molecule has 0 aliphatic carbocycles. The summed E-state index contributed by atoms with van der Waals surface area (Å²) in [5.74, 6) is 0.244. The van der Waals surface area contributed by atoms with Crippen LogP contribution in [0.15, 0.2) is 30.3 Å². The fourth-order valence-corrected chi connectivity index (χ4v) is 3.26. The quantitative estimate of drug-likeness (QED) is 0.813. The van der Waals surface area contributed by atoms with Gasteiger partial charge in [0.2, 0.25) is 5.91 Å². The lowest BCUT2D eigenvalue weighted by molar-refractivity contribution is -0.160. The second-order valence-corrected chi connectivity index (χ2v) is 7.46. The fraction of sp³-hybridized carbons (Fsp3) is 0.600. The first-order valence-electron chi connectivity index (χ1n) is 8.90. The standard InChI is InChI=1S/C20H29NO3/c1-13(2)19(21-20(23)14(3)4)17-11-16(12-18(22)24-17)10-15-8-6-5-7-9-15/h5-9,13-14,16-17,19H,10-12H2,1-4H3,(H,21,23)/t16-,17+,19+/m1/s1. The van der Waals surface area contributed by atoms with E-state index < -0.39 is 0 Å². The third-order valence-electron chi connectivity index (χ3n) is 4.62. The molecule has 1 amide bonds. The zero-order valence-electron chi connectivity index (χ0n) is 15.1. The zero-order chi connectivity index (χ0) is 17.7. The summed E-state index contributed by atoms with van der Waals surface area (Å²) in [5.41, 5.74) is 1.24. The summed E-state index contributed by atoms with van der Waals surface area (Å²) < 4.78 is 5.60. The van der Waals surface area contributed by atoms with Crippen LogP contribution in [0.5, 0.6) is 0 Å². The number of rotatable bonds is 6. The summed E-state index contributed by atoms with van der Waals surface area (Å²) in [6.45, 7) is 7.86. The van der Waals surface area contributed by atoms with Gasteiger partial charge in [0.1, 0.15) is 6.10 Å². The molecule has 0 unspecified atom stereocenters. The van der Waals surface area contributed by atoms with Crippen molar-refractivity contribution in [3.05, 3.63) is 35.9 Å². The molecule has 24 heavy (non-hydrogen) atoms. The third kappa shape index (κ3) is 5.08. The van der Waals surface area contributed by atoms with Crippen molar-refractivity contribution in [2.75, 3.05) is 0 Å². The van der Waals surface area contributed by atoms with Gasteiger partial charge in [-0.25, -0.2) is 0 Å². The average molecular weight is 331 g/mol. The Bertz CT molecular complexity index is 553. The van der Waals surface area contributed by atoms with E-state index in [0.717, 1.165) is 12.8 Å². The van der Waals surface area contributed by atoms with Crippen LogP contribution in [0.3, 0.4) is 0 Å². The van der Waals surface area contributed by atoms with Gasteiger partial charge in [-0.05, 0) is 30.2 Å². The van der Waals surface area contributed by atoms with Crippen LogP contribution in [0.25, 0.3) is 0 Å². The number of carbonyl (C=O) groups excluding carboxylic acids is 2. The summed E-state index contributed by atoms with van der Waals surface area (Å²) in [7, 11) is 0. The predicted molar refractivity (Wildman–Crippen MR) is 94.4 cm³/mol. The van der Waals surface area contributed by atoms with Crippen LogP contribution in [0.4, 0.5) is 0 Å². The highest BCUT2D eigenvalue weighted by atomic mass is 16.5. The molecule has 1 aromatic rings. The van der Waals surface area contributed by atoms with Gasteiger partial charge in [-0.15, -0.1) is 0 Å². The monoisotopic (exact) mass is 331 g/mol. The predicted octanol–water partition coefficient (Wildman–Crippen LogP) is 3.35. The van der Waals surface area contributed by atoms with E-state index in [2.05, 4.69) is 31.3 Å². The van der Waals surface area contributed by atoms with Gasteiger partial charge in [0.25, 0.3) is 0 Å². The molecule has 0 saturated carbocycles. The normalized spacial score (nSPS) is 22.3. The molecule has 0 radical (unpaired) electrons. The molecule has 4 heteroatoms. The Morgan fingerprint density at radius 1 is 1.21 bits per heavy atom. The number of hydrogen-bond acceptors (Lipinski definition) is 3. The molecule has 0 aromatic heterocycles. The van der Waals surface area contributed by atoms with Crippen molar-refractivity contribution < 1.29 is 14.3 Å². The highest BCUT2D eigenvalue weighted by Crippen LogP contribution is 2.28. The molecule has 1 aromatic carbocycles. The SMILES string of the molecule is CC(C)C(=O)N[C@@H](C(C)C)[C@@H]1C[C@@H](Cc2ccccc2)CC(=O)O1. The van der Waals surface area contributed by atoms with Crippen LogP contribution in [0.1, 0.15) is 46.1 Å². The molecule has 1 saturated heterocycles. The first-order valence-corrected chi connectivity index (χ1v) is 8.90. The van der Waals surface area contributed by atoms with Gasteiger partial charge in [-0.1, -0.05) is 58.0 Å². The molecule has 2 rings (SSSR count). The van der Waals surface area contributed by atoms with Crippen LogP contribution >= 0.6 is 0 Å². The van der Waals surface area contributed by atoms with Gasteiger partial charge < -0.3 is 10.1 Å². The summed E-state index contributed by atoms with van der Waals surface area (Å²) in [6.07, 6.45) is 1.87. The van der Waals surface area contributed by atoms with Crippen molar-refractivity contribution in [3.63, 3.8) is 0 Å². The van der Waals surface area contributed by atoms with Crippen LogP contribution < -0.4 is 5.32 Å². The van der Waals surface area contributed by atoms with Gasteiger partial charge in [0.15, 0.2) is 0 Å². The molecule has 1 fully saturated rings. The maximum Gasteiger partial charge on any atom is 0.306 e. The van der Waals surface area contributed by atoms with E-state index in [0.29, 0.717) is 6.42 Å². The van der Waals surface area contributed by atoms with E-state index in [1.54, 1.807) is 0 Å². The van der Waals surface area contributed by atoms with E-state index in [-0.39, 0.29) is 41.8 Å². The number of ether oxygens (including phenoxy) is 1. The van der Waals surface area contributed by atoms with Crippen molar-refractivity contribution in [3.8, 4) is 0 Å². The lowest BCUT2D eigenvalue weighted by Gasteiger charge is -2.36. The molecule has 1 aliphatic heterocycles. The summed E-state index contributed by atoms with van der Waals surface area (Å²) in [5, 5.41) is 3.07. The summed E-state index contributed by atoms with van der Waals surface area (Å²) in [6, 6.07) is 10.1. The molecular formula is C20H29NO3. The van der Waals surface area contributed by atoms with E-state index in [4.69, 9.17) is 4.74 Å². The molecule has 3 atom stereocenters. The second kappa shape index (κ2) is 8.32. The van der Waals surface area contributed by atoms with Crippen molar-refractivity contribution in [1.29, 1.82) is 0 Å². The number of hydrogen-bond donors (Lipinski definition) is 1. The topological polar surface area (TPSA) is 55.4 Å². The molecule has 132 valence electrons. The largest absolute Gasteiger partial charge is 0.460 e. The second-order valence-electron chi connectivity index (χ2n) is 7.46. The molecule has 1 N–H and O–H groups in total. The number of carbonyl (C=O) groups is 2. The van der Waals surface area contributed by atoms with E-state index in [1.165, 1.54) is 5.56 Å². The Hall–Kier alpha value is -1.84. The minimum absolute atomic E-state index is 0.00920. The van der Waals surface area contributed by atoms with Crippen molar-refractivity contribution in [2.45, 2.75) is 59.1 Å². The first kappa shape index (κ1) is 18.5. The van der Waals surface area contributed by atoms with Crippen molar-refractivity contribution in [1.82, 2.24) is 5.32 Å². The van der Waals surface area contributed by atoms with E-state index in [1.807, 2.05) is 32.0 Å². The molecule has 1 heterocycles. The van der Waals surface area contributed by atoms with Crippen molar-refractivity contribution in [2.24, 2.45) is 17.8 Å². The van der Waals surface area contributed by atoms with Crippen molar-refractivity contribution >= 4 is 11.9 Å². The number of esters is 1. The molecule has 4 nitrogen and oxygen atoms in total. The Kier molecular flexibility index (Phi) is 6.41. The summed E-state index contributed by atoms with van der Waals surface area (Å²) >= 11 is 0. The van der Waals surface area contributed by atoms with Gasteiger partial charge in [0, 0.05) is 12.3 Å². The van der Waals surface area contributed by atoms with Gasteiger partial charge in [-0.3, -0.25) is 9.59 Å². The maximum atomic E-state index is 12.1. The first-order chi connectivity index (χ1) is 11.4. The van der Waals surface area contributed by atoms with Crippen LogP contribution in [-0.4, -0.2) is 24.0 Å². The lowest BCUT2D eigenvalue weighted by atomic mass is 9.84. The van der Waals surface area contributed by atoms with Gasteiger partial charge in [0.05, 0.1) is 6.04 Å². The Balaban J connectivity index is 2.06. The minimum atomic E-state index is -0.248. The number of amides is 1. The zero-order valence-corrected chi connectivity index (χ0v) is 15.1. The highest BCUT2D eigenvalue weighted by molar-refractivity contribution is 5.78. The van der Waals surface area contributed by atoms with Crippen LogP contribution in [0.2, 0.25) is 0 Å². The Morgan fingerprint density at radius 3 is 2.46 bits per heavy atom. The van der Waals surface area contributed by atoms with Crippen LogP contribution in [0, 0.1) is 17.8 Å². The smallest absolute Gasteiger partial charge is 0.306 e. The number of benzene rings is 1. The molecule has 0 spiro atoms. The Labute approximate surface area is 145 Å². The lowest BCUT2D eigenvalue weighted by Crippen LogP contribution is -2.51. The fourth-order valence-electron chi connectivity index (χ4n) is 3.26. The average Bonchev–Trinajstić information content (AvgIpc) is 2.52. The van der Waals surface area contributed by atoms with Gasteiger partial charge in [-0.2, -0.15) is 0 Å². The van der Waals surface area contributed by atoms with E-state index >= 15 is 0 Å². The molecule has 0 bridgehead atoms. The highest BCUT2D eigenvalue weighted by Gasteiger charge is 2.36.